The fourth-order valence-electron chi connectivity index (χ4n) is 2.21. The number of phenols is 3. The second-order valence-electron chi connectivity index (χ2n) is 5.54. The van der Waals surface area contributed by atoms with Gasteiger partial charge in [-0.25, -0.2) is 9.59 Å². The van der Waals surface area contributed by atoms with Crippen molar-refractivity contribution in [2.24, 2.45) is 0 Å². The van der Waals surface area contributed by atoms with Gasteiger partial charge in [0.15, 0.2) is 0 Å². The molecule has 0 saturated carbocycles. The fourth-order valence-corrected chi connectivity index (χ4v) is 2.21. The van der Waals surface area contributed by atoms with Gasteiger partial charge >= 0.3 is 11.9 Å². The smallest absolute Gasteiger partial charge is 0.343 e. The Morgan fingerprint density at radius 3 is 1.30 bits per heavy atom. The third kappa shape index (κ3) is 4.55. The van der Waals surface area contributed by atoms with E-state index in [1.54, 1.807) is 0 Å². The standard InChI is InChI=1S/C20H14O7/c21-14-1-5-17(6-2-14)26-19(24)12-9-13(11-16(23)10-12)20(25)27-18-7-3-15(22)4-8-18/h1-11,21-23H. The Balaban J connectivity index is 1.78. The highest BCUT2D eigenvalue weighted by Crippen LogP contribution is 2.22. The predicted molar refractivity (Wildman–Crippen MR) is 94.2 cm³/mol. The first-order valence-electron chi connectivity index (χ1n) is 7.77. The molecule has 3 aromatic carbocycles. The second-order valence-corrected chi connectivity index (χ2v) is 5.54. The van der Waals surface area contributed by atoms with E-state index in [1.807, 2.05) is 0 Å². The molecule has 0 heterocycles. The molecule has 27 heavy (non-hydrogen) atoms. The minimum atomic E-state index is -0.796. The van der Waals surface area contributed by atoms with Crippen LogP contribution in [-0.4, -0.2) is 27.3 Å². The lowest BCUT2D eigenvalue weighted by Gasteiger charge is -2.08. The van der Waals surface area contributed by atoms with E-state index >= 15 is 0 Å². The minimum Gasteiger partial charge on any atom is -0.508 e. The SMILES string of the molecule is O=C(Oc1ccc(O)cc1)c1cc(O)cc(C(=O)Oc2ccc(O)cc2)c1. The van der Waals surface area contributed by atoms with E-state index in [1.165, 1.54) is 54.6 Å². The molecule has 0 radical (unpaired) electrons. The Morgan fingerprint density at radius 1 is 0.556 bits per heavy atom. The van der Waals surface area contributed by atoms with Crippen LogP contribution in [0.4, 0.5) is 0 Å². The second kappa shape index (κ2) is 7.49. The van der Waals surface area contributed by atoms with Gasteiger partial charge in [-0.05, 0) is 66.7 Å². The number of hydrogen-bond donors (Lipinski definition) is 3. The van der Waals surface area contributed by atoms with E-state index in [-0.39, 0.29) is 39.9 Å². The molecule has 0 atom stereocenters. The molecule has 0 aromatic heterocycles. The van der Waals surface area contributed by atoms with Crippen LogP contribution in [0.5, 0.6) is 28.7 Å². The largest absolute Gasteiger partial charge is 0.508 e. The summed E-state index contributed by atoms with van der Waals surface area (Å²) >= 11 is 0. The van der Waals surface area contributed by atoms with Crippen LogP contribution < -0.4 is 9.47 Å². The van der Waals surface area contributed by atoms with Crippen molar-refractivity contribution in [3.8, 4) is 28.7 Å². The molecule has 3 aromatic rings. The molecule has 0 aliphatic rings. The van der Waals surface area contributed by atoms with Crippen LogP contribution in [0.2, 0.25) is 0 Å². The molecule has 0 amide bonds. The normalized spacial score (nSPS) is 10.2. The zero-order valence-electron chi connectivity index (χ0n) is 13.8. The van der Waals surface area contributed by atoms with E-state index in [4.69, 9.17) is 9.47 Å². The fraction of sp³-hybridized carbons (Fsp3) is 0. The quantitative estimate of drug-likeness (QED) is 0.480. The molecule has 3 rings (SSSR count). The lowest BCUT2D eigenvalue weighted by molar-refractivity contribution is 0.0734. The number of carbonyl (C=O) groups is 2. The van der Waals surface area contributed by atoms with Gasteiger partial charge in [0.05, 0.1) is 11.1 Å². The van der Waals surface area contributed by atoms with Crippen LogP contribution in [0.3, 0.4) is 0 Å². The minimum absolute atomic E-state index is 0.0198. The molecule has 0 fully saturated rings. The van der Waals surface area contributed by atoms with E-state index < -0.39 is 11.9 Å². The first-order chi connectivity index (χ1) is 12.9. The topological polar surface area (TPSA) is 113 Å². The Labute approximate surface area is 153 Å². The number of benzene rings is 3. The highest BCUT2D eigenvalue weighted by atomic mass is 16.5. The summed E-state index contributed by atoms with van der Waals surface area (Å²) in [4.78, 5) is 24.5. The maximum absolute atomic E-state index is 12.2. The summed E-state index contributed by atoms with van der Waals surface area (Å²) in [6.07, 6.45) is 0. The molecule has 0 spiro atoms. The monoisotopic (exact) mass is 366 g/mol. The lowest BCUT2D eigenvalue weighted by Crippen LogP contribution is -2.12. The van der Waals surface area contributed by atoms with Crippen LogP contribution in [0, 0.1) is 0 Å². The van der Waals surface area contributed by atoms with Crippen molar-refractivity contribution < 1.29 is 34.4 Å². The highest BCUT2D eigenvalue weighted by molar-refractivity contribution is 5.97. The van der Waals surface area contributed by atoms with Crippen molar-refractivity contribution in [1.29, 1.82) is 0 Å². The van der Waals surface area contributed by atoms with Crippen LogP contribution >= 0.6 is 0 Å². The average molecular weight is 366 g/mol. The predicted octanol–water partition coefficient (Wildman–Crippen LogP) is 3.24. The molecule has 0 aliphatic heterocycles. The van der Waals surface area contributed by atoms with Gasteiger partial charge in [-0.3, -0.25) is 0 Å². The molecule has 0 aliphatic carbocycles. The van der Waals surface area contributed by atoms with E-state index in [0.717, 1.165) is 12.1 Å². The Hall–Kier alpha value is -4.00. The van der Waals surface area contributed by atoms with Crippen molar-refractivity contribution in [2.45, 2.75) is 0 Å². The first kappa shape index (κ1) is 17.8. The van der Waals surface area contributed by atoms with Crippen molar-refractivity contribution in [1.82, 2.24) is 0 Å². The van der Waals surface area contributed by atoms with Crippen molar-refractivity contribution in [3.05, 3.63) is 77.9 Å². The van der Waals surface area contributed by atoms with E-state index in [0.29, 0.717) is 0 Å². The Bertz CT molecular complexity index is 898. The van der Waals surface area contributed by atoms with Crippen molar-refractivity contribution >= 4 is 11.9 Å². The maximum atomic E-state index is 12.2. The van der Waals surface area contributed by atoms with Crippen molar-refractivity contribution in [2.75, 3.05) is 0 Å². The zero-order chi connectivity index (χ0) is 19.4. The van der Waals surface area contributed by atoms with Crippen molar-refractivity contribution in [3.63, 3.8) is 0 Å². The maximum Gasteiger partial charge on any atom is 0.343 e. The van der Waals surface area contributed by atoms with Gasteiger partial charge in [0.2, 0.25) is 0 Å². The molecule has 0 saturated heterocycles. The summed E-state index contributed by atoms with van der Waals surface area (Å²) in [6, 6.07) is 14.5. The van der Waals surface area contributed by atoms with Gasteiger partial charge in [0.1, 0.15) is 28.7 Å². The molecular weight excluding hydrogens is 352 g/mol. The Morgan fingerprint density at radius 2 is 0.926 bits per heavy atom. The van der Waals surface area contributed by atoms with Gasteiger partial charge in [0, 0.05) is 0 Å². The first-order valence-corrected chi connectivity index (χ1v) is 7.77. The van der Waals surface area contributed by atoms with E-state index in [2.05, 4.69) is 0 Å². The van der Waals surface area contributed by atoms with Crippen LogP contribution in [0.15, 0.2) is 66.7 Å². The van der Waals surface area contributed by atoms with Gasteiger partial charge in [-0.15, -0.1) is 0 Å². The molecule has 7 heteroatoms. The number of carbonyl (C=O) groups excluding carboxylic acids is 2. The zero-order valence-corrected chi connectivity index (χ0v) is 13.8. The number of aromatic hydroxyl groups is 3. The molecule has 3 N–H and O–H groups in total. The molecule has 0 bridgehead atoms. The van der Waals surface area contributed by atoms with Gasteiger partial charge in [-0.2, -0.15) is 0 Å². The lowest BCUT2D eigenvalue weighted by atomic mass is 10.1. The molecule has 7 nitrogen and oxygen atoms in total. The van der Waals surface area contributed by atoms with Crippen LogP contribution in [-0.2, 0) is 0 Å². The third-order valence-corrected chi connectivity index (χ3v) is 3.48. The van der Waals surface area contributed by atoms with E-state index in [9.17, 15) is 24.9 Å². The summed E-state index contributed by atoms with van der Waals surface area (Å²) in [5, 5.41) is 28.3. The molecule has 0 unspecified atom stereocenters. The number of ether oxygens (including phenoxy) is 2. The highest BCUT2D eigenvalue weighted by Gasteiger charge is 2.16. The van der Waals surface area contributed by atoms with Crippen LogP contribution in [0.1, 0.15) is 20.7 Å². The summed E-state index contributed by atoms with van der Waals surface area (Å²) in [5.41, 5.74) is -0.110. The van der Waals surface area contributed by atoms with Gasteiger partial charge < -0.3 is 24.8 Å². The number of hydrogen-bond acceptors (Lipinski definition) is 7. The van der Waals surface area contributed by atoms with Gasteiger partial charge in [-0.1, -0.05) is 0 Å². The van der Waals surface area contributed by atoms with Gasteiger partial charge in [0.25, 0.3) is 0 Å². The molecule has 136 valence electrons. The summed E-state index contributed by atoms with van der Waals surface area (Å²) in [6.45, 7) is 0. The summed E-state index contributed by atoms with van der Waals surface area (Å²) in [7, 11) is 0. The Kier molecular flexibility index (Phi) is 4.94. The molecular formula is C20H14O7. The number of phenolic OH excluding ortho intramolecular Hbond substituents is 3. The third-order valence-electron chi connectivity index (χ3n) is 3.48. The number of esters is 2. The average Bonchev–Trinajstić information content (AvgIpc) is 2.65. The van der Waals surface area contributed by atoms with Crippen LogP contribution in [0.25, 0.3) is 0 Å². The number of rotatable bonds is 4. The summed E-state index contributed by atoms with van der Waals surface area (Å²) < 4.78 is 10.3. The summed E-state index contributed by atoms with van der Waals surface area (Å²) in [5.74, 6) is -1.49.